The molecular formula is C16H32O4. The van der Waals surface area contributed by atoms with Crippen LogP contribution in [0.2, 0.25) is 0 Å². The Balaban J connectivity index is 3.46. The molecule has 4 heteroatoms. The van der Waals surface area contributed by atoms with Crippen molar-refractivity contribution in [1.29, 1.82) is 0 Å². The number of hydrogen-bond donors (Lipinski definition) is 2. The zero-order valence-corrected chi connectivity index (χ0v) is 13.1. The summed E-state index contributed by atoms with van der Waals surface area (Å²) < 4.78 is 4.55. The Morgan fingerprint density at radius 3 is 1.95 bits per heavy atom. The minimum absolute atomic E-state index is 0.216. The minimum atomic E-state index is -0.664. The van der Waals surface area contributed by atoms with Crippen molar-refractivity contribution in [1.82, 2.24) is 0 Å². The van der Waals surface area contributed by atoms with Crippen molar-refractivity contribution in [2.24, 2.45) is 0 Å². The lowest BCUT2D eigenvalue weighted by molar-refractivity contribution is -0.140. The SMILES string of the molecule is CCCCCCCC[C@@H](O)C(O)CCCCC(=O)OC. The van der Waals surface area contributed by atoms with Crippen molar-refractivity contribution in [3.8, 4) is 0 Å². The number of ether oxygens (including phenoxy) is 1. The predicted octanol–water partition coefficient (Wildman–Crippen LogP) is 3.19. The van der Waals surface area contributed by atoms with Gasteiger partial charge < -0.3 is 14.9 Å². The van der Waals surface area contributed by atoms with Crippen LogP contribution in [0.4, 0.5) is 0 Å². The number of esters is 1. The fourth-order valence-electron chi connectivity index (χ4n) is 2.24. The maximum absolute atomic E-state index is 10.9. The molecule has 0 aliphatic carbocycles. The van der Waals surface area contributed by atoms with Crippen LogP contribution in [0.3, 0.4) is 0 Å². The molecule has 4 nitrogen and oxygen atoms in total. The van der Waals surface area contributed by atoms with Crippen LogP contribution in [-0.4, -0.2) is 35.5 Å². The first kappa shape index (κ1) is 19.4. The van der Waals surface area contributed by atoms with E-state index in [1.165, 1.54) is 32.8 Å². The number of carbonyl (C=O) groups excluding carboxylic acids is 1. The van der Waals surface area contributed by atoms with Gasteiger partial charge in [-0.1, -0.05) is 51.9 Å². The van der Waals surface area contributed by atoms with Gasteiger partial charge in [-0.05, 0) is 19.3 Å². The molecule has 0 saturated heterocycles. The molecule has 0 rings (SSSR count). The van der Waals surface area contributed by atoms with Gasteiger partial charge in [0.2, 0.25) is 0 Å². The molecule has 0 saturated carbocycles. The van der Waals surface area contributed by atoms with Crippen LogP contribution in [0.15, 0.2) is 0 Å². The summed E-state index contributed by atoms with van der Waals surface area (Å²) in [6.45, 7) is 2.19. The van der Waals surface area contributed by atoms with E-state index in [1.807, 2.05) is 0 Å². The van der Waals surface area contributed by atoms with Crippen LogP contribution in [-0.2, 0) is 9.53 Å². The normalized spacial score (nSPS) is 14.0. The molecule has 0 heterocycles. The molecule has 0 aliphatic rings. The molecule has 2 N–H and O–H groups in total. The van der Waals surface area contributed by atoms with Crippen LogP contribution in [0, 0.1) is 0 Å². The molecule has 0 spiro atoms. The van der Waals surface area contributed by atoms with Crippen molar-refractivity contribution in [2.75, 3.05) is 7.11 Å². The average molecular weight is 288 g/mol. The number of aliphatic hydroxyl groups excluding tert-OH is 2. The largest absolute Gasteiger partial charge is 0.469 e. The van der Waals surface area contributed by atoms with Crippen molar-refractivity contribution in [3.05, 3.63) is 0 Å². The molecule has 20 heavy (non-hydrogen) atoms. The predicted molar refractivity (Wildman–Crippen MR) is 80.5 cm³/mol. The molecule has 0 aliphatic heterocycles. The highest BCUT2D eigenvalue weighted by Crippen LogP contribution is 2.14. The second-order valence-corrected chi connectivity index (χ2v) is 5.51. The Bertz CT molecular complexity index is 231. The lowest BCUT2D eigenvalue weighted by Crippen LogP contribution is -2.25. The van der Waals surface area contributed by atoms with Crippen LogP contribution in [0.1, 0.15) is 77.6 Å². The van der Waals surface area contributed by atoms with Crippen LogP contribution < -0.4 is 0 Å². The van der Waals surface area contributed by atoms with Gasteiger partial charge in [0.15, 0.2) is 0 Å². The van der Waals surface area contributed by atoms with Gasteiger partial charge in [0.05, 0.1) is 19.3 Å². The molecule has 0 bridgehead atoms. The van der Waals surface area contributed by atoms with E-state index >= 15 is 0 Å². The van der Waals surface area contributed by atoms with Gasteiger partial charge in [-0.15, -0.1) is 0 Å². The summed E-state index contributed by atoms with van der Waals surface area (Å²) >= 11 is 0. The van der Waals surface area contributed by atoms with Crippen LogP contribution in [0.25, 0.3) is 0 Å². The Kier molecular flexibility index (Phi) is 13.0. The number of hydrogen-bond acceptors (Lipinski definition) is 4. The van der Waals surface area contributed by atoms with Crippen LogP contribution >= 0.6 is 0 Å². The summed E-state index contributed by atoms with van der Waals surface area (Å²) in [7, 11) is 1.38. The molecule has 0 amide bonds. The third-order valence-corrected chi connectivity index (χ3v) is 3.66. The van der Waals surface area contributed by atoms with E-state index in [0.29, 0.717) is 25.7 Å². The lowest BCUT2D eigenvalue weighted by Gasteiger charge is -2.17. The van der Waals surface area contributed by atoms with Crippen molar-refractivity contribution in [3.63, 3.8) is 0 Å². The highest BCUT2D eigenvalue weighted by molar-refractivity contribution is 5.68. The molecule has 0 aromatic carbocycles. The zero-order chi connectivity index (χ0) is 15.2. The molecule has 0 aromatic rings. The lowest BCUT2D eigenvalue weighted by atomic mass is 10.0. The maximum Gasteiger partial charge on any atom is 0.305 e. The Hall–Kier alpha value is -0.610. The number of methoxy groups -OCH3 is 1. The summed E-state index contributed by atoms with van der Waals surface area (Å²) in [6.07, 6.45) is 8.88. The van der Waals surface area contributed by atoms with Gasteiger partial charge in [-0.2, -0.15) is 0 Å². The Morgan fingerprint density at radius 1 is 0.900 bits per heavy atom. The zero-order valence-electron chi connectivity index (χ0n) is 13.1. The summed E-state index contributed by atoms with van der Waals surface area (Å²) in [5.41, 5.74) is 0. The van der Waals surface area contributed by atoms with Crippen molar-refractivity contribution >= 4 is 5.97 Å². The van der Waals surface area contributed by atoms with E-state index < -0.39 is 12.2 Å². The van der Waals surface area contributed by atoms with E-state index in [-0.39, 0.29) is 5.97 Å². The summed E-state index contributed by atoms with van der Waals surface area (Å²) in [4.78, 5) is 10.9. The standard InChI is InChI=1S/C16H32O4/c1-3-4-5-6-7-8-11-14(17)15(18)12-9-10-13-16(19)20-2/h14-15,17-18H,3-13H2,1-2H3/t14-,15?/m1/s1. The quantitative estimate of drug-likeness (QED) is 0.403. The van der Waals surface area contributed by atoms with E-state index in [9.17, 15) is 15.0 Å². The second-order valence-electron chi connectivity index (χ2n) is 5.51. The smallest absolute Gasteiger partial charge is 0.305 e. The Morgan fingerprint density at radius 2 is 1.40 bits per heavy atom. The Labute approximate surface area is 123 Å². The third kappa shape index (κ3) is 11.2. The van der Waals surface area contributed by atoms with Gasteiger partial charge >= 0.3 is 5.97 Å². The van der Waals surface area contributed by atoms with Gasteiger partial charge in [0, 0.05) is 6.42 Å². The third-order valence-electron chi connectivity index (χ3n) is 3.66. The summed E-state index contributed by atoms with van der Waals surface area (Å²) in [5.74, 6) is -0.216. The highest BCUT2D eigenvalue weighted by Gasteiger charge is 2.15. The van der Waals surface area contributed by atoms with Gasteiger partial charge in [-0.3, -0.25) is 4.79 Å². The maximum atomic E-state index is 10.9. The van der Waals surface area contributed by atoms with Crippen molar-refractivity contribution in [2.45, 2.75) is 89.8 Å². The molecule has 0 fully saturated rings. The van der Waals surface area contributed by atoms with E-state index in [4.69, 9.17) is 0 Å². The molecule has 0 aromatic heterocycles. The number of unbranched alkanes of at least 4 members (excludes halogenated alkanes) is 6. The molecule has 0 radical (unpaired) electrons. The topological polar surface area (TPSA) is 66.8 Å². The number of rotatable bonds is 13. The van der Waals surface area contributed by atoms with Gasteiger partial charge in [0.1, 0.15) is 0 Å². The summed E-state index contributed by atoms with van der Waals surface area (Å²) in [6, 6.07) is 0. The first-order valence-corrected chi connectivity index (χ1v) is 8.04. The monoisotopic (exact) mass is 288 g/mol. The van der Waals surface area contributed by atoms with E-state index in [1.54, 1.807) is 0 Å². The highest BCUT2D eigenvalue weighted by atomic mass is 16.5. The first-order valence-electron chi connectivity index (χ1n) is 8.04. The van der Waals surface area contributed by atoms with Crippen LogP contribution in [0.5, 0.6) is 0 Å². The van der Waals surface area contributed by atoms with Gasteiger partial charge in [-0.25, -0.2) is 0 Å². The molecule has 120 valence electrons. The number of carbonyl (C=O) groups is 1. The van der Waals surface area contributed by atoms with Crippen molar-refractivity contribution < 1.29 is 19.7 Å². The fourth-order valence-corrected chi connectivity index (χ4v) is 2.24. The minimum Gasteiger partial charge on any atom is -0.469 e. The van der Waals surface area contributed by atoms with Gasteiger partial charge in [0.25, 0.3) is 0 Å². The number of aliphatic hydroxyl groups is 2. The fraction of sp³-hybridized carbons (Fsp3) is 0.938. The van der Waals surface area contributed by atoms with E-state index in [2.05, 4.69) is 11.7 Å². The first-order chi connectivity index (χ1) is 9.61. The molecular weight excluding hydrogens is 256 g/mol. The average Bonchev–Trinajstić information content (AvgIpc) is 2.46. The second kappa shape index (κ2) is 13.4. The van der Waals surface area contributed by atoms with E-state index in [0.717, 1.165) is 19.3 Å². The molecule has 1 unspecified atom stereocenters. The molecule has 2 atom stereocenters. The summed E-state index contributed by atoms with van der Waals surface area (Å²) in [5, 5.41) is 19.6.